The lowest BCUT2D eigenvalue weighted by Crippen LogP contribution is -2.53. The highest BCUT2D eigenvalue weighted by Gasteiger charge is 2.28. The molecule has 2 rings (SSSR count). The number of nitrogens with one attached hydrogen (secondary N) is 1. The van der Waals surface area contributed by atoms with E-state index in [4.69, 9.17) is 16.3 Å². The highest BCUT2D eigenvalue weighted by atomic mass is 35.5. The summed E-state index contributed by atoms with van der Waals surface area (Å²) in [6.45, 7) is 11.5. The average Bonchev–Trinajstić information content (AvgIpc) is 2.65. The lowest BCUT2D eigenvalue weighted by molar-refractivity contribution is -0.142. The van der Waals surface area contributed by atoms with Crippen LogP contribution in [0.25, 0.3) is 0 Å². The van der Waals surface area contributed by atoms with Crippen molar-refractivity contribution in [3.63, 3.8) is 0 Å². The van der Waals surface area contributed by atoms with Crippen molar-refractivity contribution in [2.45, 2.75) is 59.7 Å². The summed E-state index contributed by atoms with van der Waals surface area (Å²) in [6.07, 6.45) is 0. The molecule has 0 bridgehead atoms. The molecule has 0 unspecified atom stereocenters. The highest BCUT2D eigenvalue weighted by molar-refractivity contribution is 6.30. The molecule has 0 fully saturated rings. The van der Waals surface area contributed by atoms with Crippen LogP contribution in [0.3, 0.4) is 0 Å². The maximum Gasteiger partial charge on any atom is 0.261 e. The number of ether oxygens (including phenoxy) is 1. The van der Waals surface area contributed by atoms with Crippen molar-refractivity contribution >= 4 is 23.4 Å². The molecule has 0 aliphatic rings. The van der Waals surface area contributed by atoms with Gasteiger partial charge < -0.3 is 15.0 Å². The van der Waals surface area contributed by atoms with Gasteiger partial charge in [-0.05, 0) is 76.4 Å². The van der Waals surface area contributed by atoms with Gasteiger partial charge in [0.1, 0.15) is 11.8 Å². The molecular formula is C24H31ClN2O3. The molecule has 6 heteroatoms. The van der Waals surface area contributed by atoms with Gasteiger partial charge >= 0.3 is 0 Å². The van der Waals surface area contributed by atoms with Gasteiger partial charge in [0.2, 0.25) is 5.91 Å². The number of amides is 2. The van der Waals surface area contributed by atoms with Crippen LogP contribution in [0.5, 0.6) is 5.75 Å². The Morgan fingerprint density at radius 3 is 2.43 bits per heavy atom. The summed E-state index contributed by atoms with van der Waals surface area (Å²) in [4.78, 5) is 27.4. The summed E-state index contributed by atoms with van der Waals surface area (Å²) in [5.41, 5.74) is 2.53. The number of benzene rings is 2. The van der Waals surface area contributed by atoms with Crippen LogP contribution < -0.4 is 10.1 Å². The Kier molecular flexibility index (Phi) is 7.90. The molecule has 0 aliphatic carbocycles. The topological polar surface area (TPSA) is 58.6 Å². The lowest BCUT2D eigenvalue weighted by Gasteiger charge is -2.31. The quantitative estimate of drug-likeness (QED) is 0.694. The van der Waals surface area contributed by atoms with Gasteiger partial charge in [0.05, 0.1) is 0 Å². The Morgan fingerprint density at radius 1 is 1.13 bits per heavy atom. The third-order valence-corrected chi connectivity index (χ3v) is 5.05. The first kappa shape index (κ1) is 23.7. The lowest BCUT2D eigenvalue weighted by atomic mass is 10.1. The number of halogens is 1. The molecule has 1 N–H and O–H groups in total. The van der Waals surface area contributed by atoms with Gasteiger partial charge in [-0.15, -0.1) is 0 Å². The zero-order chi connectivity index (χ0) is 22.5. The third-order valence-electron chi connectivity index (χ3n) is 4.81. The number of hydrogen-bond acceptors (Lipinski definition) is 3. The standard InChI is InChI=1S/C24H31ClN2O3/c1-16-9-7-12-21(17(16)2)30-15-22(28)27(14-19-10-8-11-20(25)13-19)18(3)23(29)26-24(4,5)6/h7-13,18H,14-15H2,1-6H3,(H,26,29)/t18-/m0/s1. The van der Waals surface area contributed by atoms with E-state index in [0.29, 0.717) is 10.8 Å². The van der Waals surface area contributed by atoms with E-state index in [2.05, 4.69) is 5.32 Å². The maximum atomic E-state index is 13.1. The summed E-state index contributed by atoms with van der Waals surface area (Å²) >= 11 is 6.10. The molecule has 2 aromatic carbocycles. The first-order valence-corrected chi connectivity index (χ1v) is 10.4. The molecule has 162 valence electrons. The molecule has 0 saturated heterocycles. The average molecular weight is 431 g/mol. The van der Waals surface area contributed by atoms with E-state index in [1.807, 2.05) is 65.0 Å². The van der Waals surface area contributed by atoms with Crippen molar-refractivity contribution in [2.24, 2.45) is 0 Å². The predicted octanol–water partition coefficient (Wildman–Crippen LogP) is 4.67. The highest BCUT2D eigenvalue weighted by Crippen LogP contribution is 2.21. The first-order chi connectivity index (χ1) is 14.0. The van der Waals surface area contributed by atoms with E-state index in [9.17, 15) is 9.59 Å². The predicted molar refractivity (Wildman–Crippen MR) is 121 cm³/mol. The van der Waals surface area contributed by atoms with Crippen molar-refractivity contribution < 1.29 is 14.3 Å². The smallest absolute Gasteiger partial charge is 0.261 e. The minimum atomic E-state index is -0.669. The Labute approximate surface area is 184 Å². The molecule has 0 radical (unpaired) electrons. The molecule has 1 atom stereocenters. The number of rotatable bonds is 7. The summed E-state index contributed by atoms with van der Waals surface area (Å²) < 4.78 is 5.80. The van der Waals surface area contributed by atoms with Gasteiger partial charge in [0.25, 0.3) is 5.91 Å². The van der Waals surface area contributed by atoms with E-state index < -0.39 is 11.6 Å². The summed E-state index contributed by atoms with van der Waals surface area (Å²) in [5, 5.41) is 3.52. The second-order valence-corrected chi connectivity index (χ2v) is 8.99. The van der Waals surface area contributed by atoms with Gasteiger partial charge in [-0.2, -0.15) is 0 Å². The van der Waals surface area contributed by atoms with Crippen LogP contribution in [-0.2, 0) is 16.1 Å². The van der Waals surface area contributed by atoms with Crippen molar-refractivity contribution in [3.8, 4) is 5.75 Å². The number of aryl methyl sites for hydroxylation is 1. The largest absolute Gasteiger partial charge is 0.483 e. The Hall–Kier alpha value is -2.53. The van der Waals surface area contributed by atoms with E-state index in [0.717, 1.165) is 16.7 Å². The minimum Gasteiger partial charge on any atom is -0.483 e. The van der Waals surface area contributed by atoms with Gasteiger partial charge in [-0.1, -0.05) is 35.9 Å². The van der Waals surface area contributed by atoms with Gasteiger partial charge in [0.15, 0.2) is 6.61 Å². The molecule has 0 spiro atoms. The molecule has 0 aliphatic heterocycles. The second-order valence-electron chi connectivity index (χ2n) is 8.55. The van der Waals surface area contributed by atoms with Gasteiger partial charge in [-0.3, -0.25) is 9.59 Å². The van der Waals surface area contributed by atoms with Crippen LogP contribution in [0.1, 0.15) is 44.4 Å². The summed E-state index contributed by atoms with van der Waals surface area (Å²) in [6, 6.07) is 12.3. The van der Waals surface area contributed by atoms with Crippen LogP contribution in [0.2, 0.25) is 5.02 Å². The Morgan fingerprint density at radius 2 is 1.80 bits per heavy atom. The SMILES string of the molecule is Cc1cccc(OCC(=O)N(Cc2cccc(Cl)c2)[C@@H](C)C(=O)NC(C)(C)C)c1C. The minimum absolute atomic E-state index is 0.155. The Balaban J connectivity index is 2.21. The fourth-order valence-electron chi connectivity index (χ4n) is 2.99. The molecule has 0 aromatic heterocycles. The van der Waals surface area contributed by atoms with Crippen LogP contribution in [0, 0.1) is 13.8 Å². The molecule has 2 aromatic rings. The molecule has 2 amide bonds. The molecule has 0 saturated carbocycles. The molecular weight excluding hydrogens is 400 g/mol. The van der Waals surface area contributed by atoms with Crippen molar-refractivity contribution in [2.75, 3.05) is 6.61 Å². The zero-order valence-electron chi connectivity index (χ0n) is 18.6. The van der Waals surface area contributed by atoms with E-state index in [-0.39, 0.29) is 25.0 Å². The van der Waals surface area contributed by atoms with Gasteiger partial charge in [0, 0.05) is 17.1 Å². The Bertz CT molecular complexity index is 906. The van der Waals surface area contributed by atoms with E-state index in [1.54, 1.807) is 19.1 Å². The molecule has 0 heterocycles. The fourth-order valence-corrected chi connectivity index (χ4v) is 3.20. The van der Waals surface area contributed by atoms with Crippen LogP contribution in [0.15, 0.2) is 42.5 Å². The second kappa shape index (κ2) is 9.98. The molecule has 5 nitrogen and oxygen atoms in total. The normalized spacial score (nSPS) is 12.2. The molecule has 30 heavy (non-hydrogen) atoms. The van der Waals surface area contributed by atoms with Crippen molar-refractivity contribution in [1.82, 2.24) is 10.2 Å². The summed E-state index contributed by atoms with van der Waals surface area (Å²) in [5.74, 6) is 0.176. The van der Waals surface area contributed by atoms with Crippen LogP contribution in [0.4, 0.5) is 0 Å². The number of carbonyl (C=O) groups is 2. The van der Waals surface area contributed by atoms with Crippen molar-refractivity contribution in [3.05, 3.63) is 64.2 Å². The summed E-state index contributed by atoms with van der Waals surface area (Å²) in [7, 11) is 0. The monoisotopic (exact) mass is 430 g/mol. The van der Waals surface area contributed by atoms with Crippen molar-refractivity contribution in [1.29, 1.82) is 0 Å². The fraction of sp³-hybridized carbons (Fsp3) is 0.417. The number of nitrogens with zero attached hydrogens (tertiary/aromatic N) is 1. The van der Waals surface area contributed by atoms with E-state index in [1.165, 1.54) is 4.90 Å². The zero-order valence-corrected chi connectivity index (χ0v) is 19.3. The maximum absolute atomic E-state index is 13.1. The third kappa shape index (κ3) is 6.77. The first-order valence-electron chi connectivity index (χ1n) is 10.0. The number of carbonyl (C=O) groups excluding carboxylic acids is 2. The van der Waals surface area contributed by atoms with Gasteiger partial charge in [-0.25, -0.2) is 0 Å². The van der Waals surface area contributed by atoms with E-state index >= 15 is 0 Å². The van der Waals surface area contributed by atoms with Crippen LogP contribution in [-0.4, -0.2) is 34.9 Å². The van der Waals surface area contributed by atoms with Crippen LogP contribution >= 0.6 is 11.6 Å². The number of hydrogen-bond donors (Lipinski definition) is 1.